The maximum atomic E-state index is 12.2. The number of benzene rings is 1. The van der Waals surface area contributed by atoms with E-state index in [9.17, 15) is 14.9 Å². The molecule has 0 spiro atoms. The van der Waals surface area contributed by atoms with Gasteiger partial charge in [-0.05, 0) is 13.0 Å². The summed E-state index contributed by atoms with van der Waals surface area (Å²) >= 11 is 0. The molecule has 2 atom stereocenters. The molecule has 0 aliphatic carbocycles. The first-order valence-corrected chi connectivity index (χ1v) is 6.97. The zero-order chi connectivity index (χ0) is 16.1. The second-order valence-corrected chi connectivity index (χ2v) is 4.98. The maximum Gasteiger partial charge on any atom is 0.270 e. The van der Waals surface area contributed by atoms with Crippen LogP contribution >= 0.6 is 0 Å². The third-order valence-electron chi connectivity index (χ3n) is 3.53. The van der Waals surface area contributed by atoms with Crippen molar-refractivity contribution in [1.29, 1.82) is 0 Å². The molecule has 0 bridgehead atoms. The molecule has 1 heterocycles. The summed E-state index contributed by atoms with van der Waals surface area (Å²) < 4.78 is 10.6. The Morgan fingerprint density at radius 2 is 2.36 bits per heavy atom. The molecule has 1 aliphatic heterocycles. The summed E-state index contributed by atoms with van der Waals surface area (Å²) in [5, 5.41) is 16.7. The fraction of sp³-hybridized carbons (Fsp3) is 0.500. The number of methoxy groups -OCH3 is 1. The van der Waals surface area contributed by atoms with Crippen molar-refractivity contribution < 1.29 is 19.2 Å². The minimum atomic E-state index is -0.483. The van der Waals surface area contributed by atoms with Crippen LogP contribution < -0.4 is 15.4 Å². The van der Waals surface area contributed by atoms with Crippen LogP contribution in [0.25, 0.3) is 0 Å². The van der Waals surface area contributed by atoms with E-state index in [2.05, 4.69) is 10.6 Å². The third-order valence-corrected chi connectivity index (χ3v) is 3.53. The fourth-order valence-electron chi connectivity index (χ4n) is 2.34. The van der Waals surface area contributed by atoms with Gasteiger partial charge >= 0.3 is 0 Å². The predicted molar refractivity (Wildman–Crippen MR) is 78.7 cm³/mol. The van der Waals surface area contributed by atoms with Crippen molar-refractivity contribution in [3.8, 4) is 5.75 Å². The number of nitro benzene ring substituents is 1. The van der Waals surface area contributed by atoms with Crippen LogP contribution in [0.5, 0.6) is 5.75 Å². The highest BCUT2D eigenvalue weighted by atomic mass is 16.6. The van der Waals surface area contributed by atoms with Crippen LogP contribution in [0, 0.1) is 10.1 Å². The smallest absolute Gasteiger partial charge is 0.270 e. The predicted octanol–water partition coefficient (Wildman–Crippen LogP) is 0.596. The third kappa shape index (κ3) is 3.71. The Morgan fingerprint density at radius 1 is 1.59 bits per heavy atom. The topological polar surface area (TPSA) is 103 Å². The Labute approximate surface area is 127 Å². The van der Waals surface area contributed by atoms with Gasteiger partial charge < -0.3 is 20.1 Å². The number of morpholine rings is 1. The molecular formula is C14H19N3O5. The van der Waals surface area contributed by atoms with Crippen molar-refractivity contribution in [2.45, 2.75) is 25.6 Å². The molecule has 120 valence electrons. The number of amides is 1. The summed E-state index contributed by atoms with van der Waals surface area (Å²) in [6.07, 6.45) is -0.222. The molecule has 2 rings (SSSR count). The molecule has 2 N–H and O–H groups in total. The second-order valence-electron chi connectivity index (χ2n) is 4.98. The molecule has 1 aromatic carbocycles. The molecule has 0 unspecified atom stereocenters. The van der Waals surface area contributed by atoms with E-state index in [1.165, 1.54) is 25.3 Å². The van der Waals surface area contributed by atoms with E-state index in [1.54, 1.807) is 0 Å². The number of ether oxygens (including phenoxy) is 2. The summed E-state index contributed by atoms with van der Waals surface area (Å²) in [4.78, 5) is 22.5. The van der Waals surface area contributed by atoms with E-state index in [4.69, 9.17) is 9.47 Å². The summed E-state index contributed by atoms with van der Waals surface area (Å²) in [5.41, 5.74) is 0.506. The summed E-state index contributed by atoms with van der Waals surface area (Å²) in [6.45, 7) is 3.16. The lowest BCUT2D eigenvalue weighted by Gasteiger charge is -2.29. The van der Waals surface area contributed by atoms with Crippen LogP contribution in [-0.2, 0) is 16.1 Å². The van der Waals surface area contributed by atoms with Gasteiger partial charge in [0, 0.05) is 30.8 Å². The summed E-state index contributed by atoms with van der Waals surface area (Å²) in [5.74, 6) is 0.285. The van der Waals surface area contributed by atoms with Crippen molar-refractivity contribution in [3.63, 3.8) is 0 Å². The molecule has 1 amide bonds. The first kappa shape index (κ1) is 16.2. The van der Waals surface area contributed by atoms with Crippen LogP contribution in [0.15, 0.2) is 18.2 Å². The van der Waals surface area contributed by atoms with E-state index < -0.39 is 11.0 Å². The van der Waals surface area contributed by atoms with Crippen molar-refractivity contribution >= 4 is 11.6 Å². The molecule has 8 heteroatoms. The Balaban J connectivity index is 2.05. The van der Waals surface area contributed by atoms with Gasteiger partial charge in [0.25, 0.3) is 5.69 Å². The Kier molecular flexibility index (Phi) is 5.29. The second kappa shape index (κ2) is 7.19. The zero-order valence-corrected chi connectivity index (χ0v) is 12.5. The lowest BCUT2D eigenvalue weighted by atomic mass is 10.1. The van der Waals surface area contributed by atoms with Crippen LogP contribution in [0.4, 0.5) is 5.69 Å². The Morgan fingerprint density at radius 3 is 3.00 bits per heavy atom. The standard InChI is InChI=1S/C14H19N3O5/c1-9-13(15-5-6-22-9)14(18)16-8-10-7-11(17(19)20)3-4-12(10)21-2/h3-4,7,9,13,15H,5-6,8H2,1-2H3,(H,16,18)/t9-,13+/m1/s1. The fourth-order valence-corrected chi connectivity index (χ4v) is 2.34. The van der Waals surface area contributed by atoms with E-state index in [0.29, 0.717) is 24.5 Å². The van der Waals surface area contributed by atoms with Crippen molar-refractivity contribution in [3.05, 3.63) is 33.9 Å². The van der Waals surface area contributed by atoms with E-state index >= 15 is 0 Å². The average molecular weight is 309 g/mol. The minimum absolute atomic E-state index is 0.0439. The molecule has 1 aliphatic rings. The van der Waals surface area contributed by atoms with Crippen molar-refractivity contribution in [1.82, 2.24) is 10.6 Å². The largest absolute Gasteiger partial charge is 0.496 e. The number of nitro groups is 1. The molecule has 1 fully saturated rings. The van der Waals surface area contributed by atoms with E-state index in [-0.39, 0.29) is 24.2 Å². The molecule has 0 saturated carbocycles. The molecule has 0 aromatic heterocycles. The normalized spacial score (nSPS) is 21.2. The van der Waals surface area contributed by atoms with Gasteiger partial charge in [0.2, 0.25) is 5.91 Å². The van der Waals surface area contributed by atoms with Crippen LogP contribution in [0.2, 0.25) is 0 Å². The summed E-state index contributed by atoms with van der Waals surface area (Å²) in [6, 6.07) is 3.85. The number of nitrogens with zero attached hydrogens (tertiary/aromatic N) is 1. The highest BCUT2D eigenvalue weighted by Gasteiger charge is 2.28. The lowest BCUT2D eigenvalue weighted by Crippen LogP contribution is -2.55. The quantitative estimate of drug-likeness (QED) is 0.610. The number of nitrogens with one attached hydrogen (secondary N) is 2. The monoisotopic (exact) mass is 309 g/mol. The van der Waals surface area contributed by atoms with Gasteiger partial charge in [-0.3, -0.25) is 14.9 Å². The van der Waals surface area contributed by atoms with Gasteiger partial charge in [0.05, 0.1) is 24.7 Å². The van der Waals surface area contributed by atoms with Gasteiger partial charge in [0.15, 0.2) is 0 Å². The van der Waals surface area contributed by atoms with E-state index in [1.807, 2.05) is 6.92 Å². The number of carbonyl (C=O) groups is 1. The SMILES string of the molecule is COc1ccc([N+](=O)[O-])cc1CNC(=O)[C@H]1NCCO[C@@H]1C. The molecule has 0 radical (unpaired) electrons. The van der Waals surface area contributed by atoms with E-state index in [0.717, 1.165) is 0 Å². The van der Waals surface area contributed by atoms with Gasteiger partial charge in [0.1, 0.15) is 11.8 Å². The first-order valence-electron chi connectivity index (χ1n) is 6.97. The average Bonchev–Trinajstić information content (AvgIpc) is 2.52. The van der Waals surface area contributed by atoms with Crippen LogP contribution in [-0.4, -0.2) is 43.2 Å². The lowest BCUT2D eigenvalue weighted by molar-refractivity contribution is -0.384. The number of carbonyl (C=O) groups excluding carboxylic acids is 1. The highest BCUT2D eigenvalue weighted by Crippen LogP contribution is 2.23. The summed E-state index contributed by atoms with van der Waals surface area (Å²) in [7, 11) is 1.48. The van der Waals surface area contributed by atoms with Gasteiger partial charge in [-0.25, -0.2) is 0 Å². The van der Waals surface area contributed by atoms with Gasteiger partial charge in [-0.1, -0.05) is 0 Å². The number of hydrogen-bond acceptors (Lipinski definition) is 6. The zero-order valence-electron chi connectivity index (χ0n) is 12.5. The van der Waals surface area contributed by atoms with Crippen LogP contribution in [0.1, 0.15) is 12.5 Å². The molecule has 22 heavy (non-hydrogen) atoms. The molecule has 1 saturated heterocycles. The Bertz CT molecular complexity index is 563. The number of hydrogen-bond donors (Lipinski definition) is 2. The first-order chi connectivity index (χ1) is 10.5. The van der Waals surface area contributed by atoms with Crippen LogP contribution in [0.3, 0.4) is 0 Å². The molecule has 1 aromatic rings. The number of rotatable bonds is 5. The van der Waals surface area contributed by atoms with Gasteiger partial charge in [-0.15, -0.1) is 0 Å². The van der Waals surface area contributed by atoms with Gasteiger partial charge in [-0.2, -0.15) is 0 Å². The highest BCUT2D eigenvalue weighted by molar-refractivity contribution is 5.82. The van der Waals surface area contributed by atoms with Crippen molar-refractivity contribution in [2.75, 3.05) is 20.3 Å². The molecular weight excluding hydrogens is 290 g/mol. The Hall–Kier alpha value is -2.19. The van der Waals surface area contributed by atoms with Crippen molar-refractivity contribution in [2.24, 2.45) is 0 Å². The molecule has 8 nitrogen and oxygen atoms in total. The maximum absolute atomic E-state index is 12.2. The minimum Gasteiger partial charge on any atom is -0.496 e. The number of non-ortho nitro benzene ring substituents is 1.